The first-order valence-electron chi connectivity index (χ1n) is 5.31. The van der Waals surface area contributed by atoms with Crippen LogP contribution in [0.4, 0.5) is 22.0 Å². The molecule has 1 aromatic carbocycles. The Bertz CT molecular complexity index is 507. The van der Waals surface area contributed by atoms with Crippen molar-refractivity contribution in [3.05, 3.63) is 53.2 Å². The molecule has 1 aliphatic heterocycles. The van der Waals surface area contributed by atoms with Gasteiger partial charge in [-0.1, -0.05) is 19.1 Å². The van der Waals surface area contributed by atoms with Gasteiger partial charge in [0.2, 0.25) is 6.71 Å². The molecule has 94 valence electrons. The van der Waals surface area contributed by atoms with Gasteiger partial charge in [0, 0.05) is 5.46 Å². The number of rotatable bonds is 1. The van der Waals surface area contributed by atoms with Gasteiger partial charge in [0.15, 0.2) is 29.1 Å². The molecule has 0 fully saturated rings. The van der Waals surface area contributed by atoms with E-state index in [1.165, 1.54) is 12.0 Å². The van der Waals surface area contributed by atoms with Gasteiger partial charge in [-0.15, -0.1) is 12.0 Å². The van der Waals surface area contributed by atoms with Crippen LogP contribution in [0.3, 0.4) is 0 Å². The molecule has 0 nitrogen and oxygen atoms in total. The molecule has 1 heterocycles. The van der Waals surface area contributed by atoms with E-state index in [9.17, 15) is 22.0 Å². The molecule has 0 bridgehead atoms. The van der Waals surface area contributed by atoms with Crippen LogP contribution in [0.1, 0.15) is 6.92 Å². The Kier molecular flexibility index (Phi) is 3.28. The molecular weight excluding hydrogens is 250 g/mol. The molecule has 0 saturated carbocycles. The molecule has 1 aliphatic rings. The van der Waals surface area contributed by atoms with Gasteiger partial charge in [0.1, 0.15) is 0 Å². The normalized spacial score (nSPS) is 15.6. The first-order chi connectivity index (χ1) is 8.43. The summed E-state index contributed by atoms with van der Waals surface area (Å²) in [7, 11) is 0. The van der Waals surface area contributed by atoms with E-state index < -0.39 is 41.3 Å². The van der Waals surface area contributed by atoms with Gasteiger partial charge in [0.25, 0.3) is 0 Å². The molecule has 0 amide bonds. The zero-order valence-corrected chi connectivity index (χ0v) is 9.35. The van der Waals surface area contributed by atoms with E-state index in [0.29, 0.717) is 0 Å². The van der Waals surface area contributed by atoms with E-state index in [0.717, 1.165) is 0 Å². The summed E-state index contributed by atoms with van der Waals surface area (Å²) in [5.74, 6) is -6.60. The third-order valence-electron chi connectivity index (χ3n) is 2.82. The van der Waals surface area contributed by atoms with Gasteiger partial charge < -0.3 is 0 Å². The molecule has 0 unspecified atom stereocenters. The molecule has 2 rings (SSSR count). The third kappa shape index (κ3) is 1.96. The number of hydrogen-bond acceptors (Lipinski definition) is 0. The average Bonchev–Trinajstić information content (AvgIpc) is 2.36. The third-order valence-corrected chi connectivity index (χ3v) is 2.82. The topological polar surface area (TPSA) is 0 Å². The van der Waals surface area contributed by atoms with E-state index in [1.807, 2.05) is 6.92 Å². The van der Waals surface area contributed by atoms with Gasteiger partial charge in [0.05, 0.1) is 0 Å². The molecule has 1 aromatic rings. The Morgan fingerprint density at radius 1 is 0.778 bits per heavy atom. The Morgan fingerprint density at radius 3 is 1.61 bits per heavy atom. The fourth-order valence-corrected chi connectivity index (χ4v) is 1.83. The molecular formula is C12H8BF5. The van der Waals surface area contributed by atoms with Crippen molar-refractivity contribution in [3.8, 4) is 0 Å². The second-order valence-electron chi connectivity index (χ2n) is 4.14. The van der Waals surface area contributed by atoms with Crippen molar-refractivity contribution >= 4 is 12.2 Å². The van der Waals surface area contributed by atoms with Crippen molar-refractivity contribution in [3.63, 3.8) is 0 Å². The average molecular weight is 258 g/mol. The van der Waals surface area contributed by atoms with Gasteiger partial charge in [-0.2, -0.15) is 0 Å². The SMILES string of the molecule is CC1C=CB(c2c(F)c(F)c(F)c(F)c2F)C=C1. The van der Waals surface area contributed by atoms with Crippen molar-refractivity contribution in [1.29, 1.82) is 0 Å². The molecule has 0 aromatic heterocycles. The van der Waals surface area contributed by atoms with Crippen LogP contribution in [0.2, 0.25) is 0 Å². The summed E-state index contributed by atoms with van der Waals surface area (Å²) in [6.45, 7) is 0.896. The highest BCUT2D eigenvalue weighted by molar-refractivity contribution is 6.82. The number of benzene rings is 1. The summed E-state index contributed by atoms with van der Waals surface area (Å²) in [6, 6.07) is 0. The largest absolute Gasteiger partial charge is 0.233 e. The summed E-state index contributed by atoms with van der Waals surface area (Å²) >= 11 is 0. The number of hydrogen-bond donors (Lipinski definition) is 0. The highest BCUT2D eigenvalue weighted by Crippen LogP contribution is 2.18. The lowest BCUT2D eigenvalue weighted by Gasteiger charge is -2.14. The van der Waals surface area contributed by atoms with Crippen LogP contribution < -0.4 is 5.46 Å². The Balaban J connectivity index is 2.59. The minimum Gasteiger partial charge on any atom is -0.204 e. The van der Waals surface area contributed by atoms with E-state index in [1.54, 1.807) is 12.2 Å². The molecule has 0 N–H and O–H groups in total. The van der Waals surface area contributed by atoms with Crippen LogP contribution in [-0.4, -0.2) is 6.71 Å². The standard InChI is InChI=1S/C12H8BF5/c1-6-2-4-13(5-3-6)7-8(14)10(16)12(18)11(17)9(7)15/h2-6H,1H3. The number of halogens is 5. The van der Waals surface area contributed by atoms with Crippen LogP contribution in [0.5, 0.6) is 0 Å². The highest BCUT2D eigenvalue weighted by Gasteiger charge is 2.30. The fraction of sp³-hybridized carbons (Fsp3) is 0.167. The molecule has 0 atom stereocenters. The first kappa shape index (κ1) is 12.9. The zero-order chi connectivity index (χ0) is 13.4. The second kappa shape index (κ2) is 4.59. The van der Waals surface area contributed by atoms with Crippen LogP contribution in [0.25, 0.3) is 0 Å². The lowest BCUT2D eigenvalue weighted by molar-refractivity contribution is 0.384. The predicted molar refractivity (Wildman–Crippen MR) is 59.1 cm³/mol. The van der Waals surface area contributed by atoms with Crippen molar-refractivity contribution in [2.75, 3.05) is 0 Å². The molecule has 18 heavy (non-hydrogen) atoms. The van der Waals surface area contributed by atoms with E-state index in [2.05, 4.69) is 0 Å². The maximum absolute atomic E-state index is 13.5. The molecule has 6 heteroatoms. The van der Waals surface area contributed by atoms with Gasteiger partial charge >= 0.3 is 0 Å². The van der Waals surface area contributed by atoms with Crippen molar-refractivity contribution in [1.82, 2.24) is 0 Å². The van der Waals surface area contributed by atoms with E-state index in [-0.39, 0.29) is 5.92 Å². The molecule has 0 radical (unpaired) electrons. The summed E-state index contributed by atoms with van der Waals surface area (Å²) in [5, 5.41) is 0. The maximum Gasteiger partial charge on any atom is 0.233 e. The smallest absolute Gasteiger partial charge is 0.204 e. The zero-order valence-electron chi connectivity index (χ0n) is 9.35. The van der Waals surface area contributed by atoms with E-state index >= 15 is 0 Å². The van der Waals surface area contributed by atoms with Crippen molar-refractivity contribution in [2.24, 2.45) is 5.92 Å². The van der Waals surface area contributed by atoms with Gasteiger partial charge in [-0.3, -0.25) is 0 Å². The summed E-state index contributed by atoms with van der Waals surface area (Å²) in [4.78, 5) is 0. The molecule has 0 aliphatic carbocycles. The highest BCUT2D eigenvalue weighted by atomic mass is 19.2. The van der Waals surface area contributed by atoms with Crippen molar-refractivity contribution < 1.29 is 22.0 Å². The van der Waals surface area contributed by atoms with Crippen LogP contribution in [0.15, 0.2) is 24.1 Å². The Labute approximate surface area is 101 Å². The second-order valence-corrected chi connectivity index (χ2v) is 4.14. The summed E-state index contributed by atoms with van der Waals surface area (Å²) in [5.41, 5.74) is -0.814. The lowest BCUT2D eigenvalue weighted by atomic mass is 9.43. The van der Waals surface area contributed by atoms with E-state index in [4.69, 9.17) is 0 Å². The number of allylic oxidation sites excluding steroid dienone is 2. The minimum absolute atomic E-state index is 0.0718. The van der Waals surface area contributed by atoms with Gasteiger partial charge in [-0.05, 0) is 5.92 Å². The quantitative estimate of drug-likeness (QED) is 0.314. The lowest BCUT2D eigenvalue weighted by Crippen LogP contribution is -2.36. The predicted octanol–water partition coefficient (Wildman–Crippen LogP) is 2.92. The Hall–Kier alpha value is -1.59. The Morgan fingerprint density at radius 2 is 1.17 bits per heavy atom. The van der Waals surface area contributed by atoms with Crippen molar-refractivity contribution in [2.45, 2.75) is 6.92 Å². The summed E-state index contributed by atoms with van der Waals surface area (Å²) in [6.07, 6.45) is 3.28. The maximum atomic E-state index is 13.5. The fourth-order valence-electron chi connectivity index (χ4n) is 1.83. The minimum atomic E-state index is -2.13. The van der Waals surface area contributed by atoms with Crippen LogP contribution >= 0.6 is 0 Å². The van der Waals surface area contributed by atoms with Crippen LogP contribution in [0, 0.1) is 35.0 Å². The molecule has 0 spiro atoms. The summed E-state index contributed by atoms with van der Waals surface area (Å²) < 4.78 is 65.9. The van der Waals surface area contributed by atoms with Gasteiger partial charge in [-0.25, -0.2) is 22.0 Å². The monoisotopic (exact) mass is 258 g/mol. The van der Waals surface area contributed by atoms with Crippen LogP contribution in [-0.2, 0) is 0 Å². The molecule has 0 saturated heterocycles. The first-order valence-corrected chi connectivity index (χ1v) is 5.31.